The molecule has 240 valence electrons. The highest BCUT2D eigenvalue weighted by molar-refractivity contribution is 7.72. The predicted octanol–water partition coefficient (Wildman–Crippen LogP) is -1.29. The number of carbonyl (C=O) groups excluding carboxylic acids is 4. The molecule has 0 fully saturated rings. The largest absolute Gasteiger partial charge is 0.460 e. The molecule has 2 amide bonds. The Morgan fingerprint density at radius 2 is 1.37 bits per heavy atom. The summed E-state index contributed by atoms with van der Waals surface area (Å²) in [5.74, 6) is -1.34. The number of rotatable bonds is 21. The van der Waals surface area contributed by atoms with Gasteiger partial charge >= 0.3 is 39.3 Å². The molecule has 8 N–H and O–H groups in total. The molecular weight excluding hydrogens is 600 g/mol. The first-order chi connectivity index (χ1) is 19.1. The summed E-state index contributed by atoms with van der Waals surface area (Å²) in [6.07, 6.45) is -2.62. The molecule has 0 spiro atoms. The van der Waals surface area contributed by atoms with E-state index in [4.69, 9.17) is 38.5 Å². The Hall–Kier alpha value is -2.34. The minimum Gasteiger partial charge on any atom is -0.460 e. The Morgan fingerprint density at radius 1 is 0.805 bits per heavy atom. The number of aliphatic hydroxyl groups is 1. The number of alkyl carbamates (subject to hydrolysis) is 2. The second-order valence-electron chi connectivity index (χ2n) is 8.37. The molecule has 0 bridgehead atoms. The van der Waals surface area contributed by atoms with Crippen molar-refractivity contribution in [2.45, 2.75) is 43.3 Å². The summed E-state index contributed by atoms with van der Waals surface area (Å²) in [7, 11) is -8.29. The van der Waals surface area contributed by atoms with E-state index in [9.17, 15) is 33.4 Å². The lowest BCUT2D eigenvalue weighted by Crippen LogP contribution is -2.36. The number of carbonyl (C=O) groups is 4. The van der Waals surface area contributed by atoms with Crippen LogP contribution in [0.1, 0.15) is 32.1 Å². The summed E-state index contributed by atoms with van der Waals surface area (Å²) in [4.78, 5) is 82.8. The third kappa shape index (κ3) is 16.6. The highest BCUT2D eigenvalue weighted by Gasteiger charge is 2.58. The molecule has 0 aliphatic rings. The van der Waals surface area contributed by atoms with Gasteiger partial charge in [-0.2, -0.15) is 0 Å². The lowest BCUT2D eigenvalue weighted by atomic mass is 10.2. The van der Waals surface area contributed by atoms with Crippen LogP contribution >= 0.6 is 15.2 Å². The van der Waals surface area contributed by atoms with Gasteiger partial charge in [0.1, 0.15) is 19.8 Å². The maximum atomic E-state index is 11.9. The molecule has 0 aliphatic heterocycles. The van der Waals surface area contributed by atoms with E-state index >= 15 is 0 Å². The summed E-state index contributed by atoms with van der Waals surface area (Å²) in [5.41, 5.74) is 0. The summed E-state index contributed by atoms with van der Waals surface area (Å²) < 4.78 is 47.0. The SMILES string of the molecule is CNCC(=O)OC(COC(=O)COC)COC(=O)NCCCCCOC(=O)NCCCC(O)(P(=O)(O)O)P(=O)(O)O. The zero-order valence-electron chi connectivity index (χ0n) is 22.7. The van der Waals surface area contributed by atoms with Gasteiger partial charge in [0.15, 0.2) is 6.10 Å². The molecular formula is C20H39N3O16P2. The standard InChI is InChI=1S/C20H39N3O16P2/c1-21-11-16(24)39-15(12-37-17(25)14-35-2)13-38-19(27)22-8-4-3-5-10-36-18(26)23-9-6-7-20(28,40(29,30)31)41(32,33)34/h15,21,28H,3-14H2,1-2H3,(H,22,27)(H,23,26)(H2,29,30,31)(H2,32,33,34). The van der Waals surface area contributed by atoms with Gasteiger partial charge in [0.2, 0.25) is 0 Å². The van der Waals surface area contributed by atoms with Crippen LogP contribution in [0.15, 0.2) is 0 Å². The Kier molecular flexibility index (Phi) is 18.6. The second kappa shape index (κ2) is 19.7. The van der Waals surface area contributed by atoms with Crippen molar-refractivity contribution in [1.82, 2.24) is 16.0 Å². The van der Waals surface area contributed by atoms with Crippen LogP contribution in [-0.2, 0) is 42.4 Å². The highest BCUT2D eigenvalue weighted by atomic mass is 31.2. The van der Waals surface area contributed by atoms with Crippen molar-refractivity contribution in [3.8, 4) is 0 Å². The van der Waals surface area contributed by atoms with Crippen LogP contribution in [0.4, 0.5) is 9.59 Å². The van der Waals surface area contributed by atoms with Crippen molar-refractivity contribution in [2.24, 2.45) is 0 Å². The minimum absolute atomic E-state index is 0.00730. The van der Waals surface area contributed by atoms with Gasteiger partial charge in [0.05, 0.1) is 13.2 Å². The molecule has 0 aromatic carbocycles. The fourth-order valence-corrected chi connectivity index (χ4v) is 5.10. The normalized spacial score (nSPS) is 12.7. The number of likely N-dealkylation sites (N-methyl/N-ethyl adjacent to an activating group) is 1. The van der Waals surface area contributed by atoms with Gasteiger partial charge in [0.25, 0.3) is 5.08 Å². The van der Waals surface area contributed by atoms with E-state index in [1.54, 1.807) is 0 Å². The maximum absolute atomic E-state index is 11.9. The predicted molar refractivity (Wildman–Crippen MR) is 137 cm³/mol. The smallest absolute Gasteiger partial charge is 0.407 e. The third-order valence-electron chi connectivity index (χ3n) is 4.93. The first-order valence-corrected chi connectivity index (χ1v) is 15.4. The van der Waals surface area contributed by atoms with Crippen LogP contribution < -0.4 is 16.0 Å². The molecule has 0 saturated carbocycles. The Bertz CT molecular complexity index is 902. The van der Waals surface area contributed by atoms with Crippen LogP contribution in [-0.4, -0.2) is 120 Å². The van der Waals surface area contributed by atoms with Gasteiger partial charge in [-0.1, -0.05) is 0 Å². The van der Waals surface area contributed by atoms with Crippen LogP contribution in [0.2, 0.25) is 0 Å². The summed E-state index contributed by atoms with van der Waals surface area (Å²) in [5, 5.41) is 13.5. The number of ether oxygens (including phenoxy) is 5. The van der Waals surface area contributed by atoms with Crippen LogP contribution in [0, 0.1) is 0 Å². The van der Waals surface area contributed by atoms with Crippen molar-refractivity contribution in [1.29, 1.82) is 0 Å². The molecule has 0 rings (SSSR count). The van der Waals surface area contributed by atoms with Gasteiger partial charge in [-0.25, -0.2) is 14.4 Å². The van der Waals surface area contributed by atoms with E-state index < -0.39 is 56.9 Å². The van der Waals surface area contributed by atoms with E-state index in [0.717, 1.165) is 0 Å². The van der Waals surface area contributed by atoms with E-state index in [1.165, 1.54) is 14.2 Å². The van der Waals surface area contributed by atoms with Crippen molar-refractivity contribution in [2.75, 3.05) is 60.2 Å². The molecule has 0 aliphatic carbocycles. The fourth-order valence-electron chi connectivity index (χ4n) is 2.84. The Labute approximate surface area is 235 Å². The molecule has 1 unspecified atom stereocenters. The van der Waals surface area contributed by atoms with E-state index in [-0.39, 0.29) is 52.5 Å². The quantitative estimate of drug-likeness (QED) is 0.0314. The number of unbranched alkanes of at least 4 members (excludes halogenated alkanes) is 2. The molecule has 1 atom stereocenters. The summed E-state index contributed by atoms with van der Waals surface area (Å²) >= 11 is 0. The van der Waals surface area contributed by atoms with Crippen LogP contribution in [0.5, 0.6) is 0 Å². The van der Waals surface area contributed by atoms with E-state index in [2.05, 4.69) is 20.7 Å². The van der Waals surface area contributed by atoms with Crippen molar-refractivity contribution in [3.63, 3.8) is 0 Å². The number of nitrogens with one attached hydrogen (secondary N) is 3. The van der Waals surface area contributed by atoms with Crippen LogP contribution in [0.3, 0.4) is 0 Å². The molecule has 0 heterocycles. The van der Waals surface area contributed by atoms with E-state index in [0.29, 0.717) is 19.3 Å². The molecule has 0 aromatic rings. The molecule has 41 heavy (non-hydrogen) atoms. The molecule has 19 nitrogen and oxygen atoms in total. The minimum atomic E-state index is -5.56. The zero-order valence-corrected chi connectivity index (χ0v) is 24.5. The van der Waals surface area contributed by atoms with E-state index in [1.807, 2.05) is 0 Å². The first kappa shape index (κ1) is 38.7. The average Bonchev–Trinajstić information content (AvgIpc) is 2.86. The average molecular weight is 639 g/mol. The Balaban J connectivity index is 4.15. The lowest BCUT2D eigenvalue weighted by molar-refractivity contribution is -0.162. The maximum Gasteiger partial charge on any atom is 0.407 e. The fraction of sp³-hybridized carbons (Fsp3) is 0.800. The molecule has 0 aromatic heterocycles. The van der Waals surface area contributed by atoms with Crippen molar-refractivity contribution in [3.05, 3.63) is 0 Å². The molecule has 21 heteroatoms. The lowest BCUT2D eigenvalue weighted by Gasteiger charge is -2.29. The monoisotopic (exact) mass is 639 g/mol. The van der Waals surface area contributed by atoms with Crippen LogP contribution in [0.25, 0.3) is 0 Å². The topological polar surface area (TPSA) is 286 Å². The molecule has 0 saturated heterocycles. The third-order valence-corrected chi connectivity index (χ3v) is 8.80. The van der Waals surface area contributed by atoms with Gasteiger partial charge in [-0.05, 0) is 32.7 Å². The number of hydrogen-bond acceptors (Lipinski definition) is 13. The number of amides is 2. The second-order valence-corrected chi connectivity index (χ2v) is 12.4. The van der Waals surface area contributed by atoms with Crippen molar-refractivity contribution < 1.29 is 76.7 Å². The molecule has 0 radical (unpaired) electrons. The van der Waals surface area contributed by atoms with Crippen molar-refractivity contribution >= 4 is 39.3 Å². The summed E-state index contributed by atoms with van der Waals surface area (Å²) in [6.45, 7) is -1.21. The zero-order chi connectivity index (χ0) is 31.5. The summed E-state index contributed by atoms with van der Waals surface area (Å²) in [6, 6.07) is 0. The first-order valence-electron chi connectivity index (χ1n) is 12.2. The van der Waals surface area contributed by atoms with Gasteiger partial charge in [-0.15, -0.1) is 0 Å². The van der Waals surface area contributed by atoms with Gasteiger partial charge < -0.3 is 64.3 Å². The number of methoxy groups -OCH3 is 1. The Morgan fingerprint density at radius 3 is 1.93 bits per heavy atom. The highest BCUT2D eigenvalue weighted by Crippen LogP contribution is 2.69. The van der Waals surface area contributed by atoms with Gasteiger partial charge in [-0.3, -0.25) is 13.9 Å². The van der Waals surface area contributed by atoms with Gasteiger partial charge in [0, 0.05) is 26.6 Å². The number of esters is 2. The number of hydrogen-bond donors (Lipinski definition) is 8.